The maximum absolute atomic E-state index is 12.7. The molecule has 0 spiro atoms. The Morgan fingerprint density at radius 1 is 0.944 bits per heavy atom. The highest BCUT2D eigenvalue weighted by Crippen LogP contribution is 2.31. The van der Waals surface area contributed by atoms with E-state index in [0.29, 0.717) is 0 Å². The number of hydrogen-bond donors (Lipinski definition) is 0. The highest BCUT2D eigenvalue weighted by atomic mass is 16.1. The predicted molar refractivity (Wildman–Crippen MR) is 74.9 cm³/mol. The maximum atomic E-state index is 12.7. The SMILES string of the molecule is CC[C@@](C)(C(=O)c1ccccc1)c1ccccc1. The first-order valence-corrected chi connectivity index (χ1v) is 6.34. The van der Waals surface area contributed by atoms with Gasteiger partial charge in [0.15, 0.2) is 5.78 Å². The Kier molecular flexibility index (Phi) is 3.61. The average molecular weight is 238 g/mol. The molecule has 2 aromatic rings. The van der Waals surface area contributed by atoms with E-state index in [2.05, 4.69) is 6.92 Å². The van der Waals surface area contributed by atoms with Gasteiger partial charge >= 0.3 is 0 Å². The molecule has 0 radical (unpaired) electrons. The van der Waals surface area contributed by atoms with Crippen LogP contribution in [0.15, 0.2) is 60.7 Å². The largest absolute Gasteiger partial charge is 0.293 e. The number of ketones is 1. The number of benzene rings is 2. The van der Waals surface area contributed by atoms with Crippen molar-refractivity contribution in [3.05, 3.63) is 71.8 Å². The molecule has 2 aromatic carbocycles. The molecule has 1 atom stereocenters. The van der Waals surface area contributed by atoms with Crippen molar-refractivity contribution in [1.29, 1.82) is 0 Å². The molecule has 1 nitrogen and oxygen atoms in total. The van der Waals surface area contributed by atoms with Gasteiger partial charge in [0.2, 0.25) is 0 Å². The van der Waals surface area contributed by atoms with Gasteiger partial charge in [0, 0.05) is 5.56 Å². The summed E-state index contributed by atoms with van der Waals surface area (Å²) in [5, 5.41) is 0. The van der Waals surface area contributed by atoms with Crippen molar-refractivity contribution in [1.82, 2.24) is 0 Å². The van der Waals surface area contributed by atoms with Gasteiger partial charge in [-0.15, -0.1) is 0 Å². The molecule has 2 rings (SSSR count). The standard InChI is InChI=1S/C17H18O/c1-3-17(2,15-12-8-5-9-13-15)16(18)14-10-6-4-7-11-14/h4-13H,3H2,1-2H3/t17-/m1/s1. The third-order valence-electron chi connectivity index (χ3n) is 3.66. The molecule has 0 fully saturated rings. The molecule has 0 amide bonds. The fraction of sp³-hybridized carbons (Fsp3) is 0.235. The number of hydrogen-bond acceptors (Lipinski definition) is 1. The molecule has 0 aliphatic rings. The first-order chi connectivity index (χ1) is 8.68. The average Bonchev–Trinajstić information content (AvgIpc) is 2.47. The van der Waals surface area contributed by atoms with Crippen LogP contribution in [0.4, 0.5) is 0 Å². The van der Waals surface area contributed by atoms with E-state index in [1.54, 1.807) is 0 Å². The fourth-order valence-electron chi connectivity index (χ4n) is 2.21. The van der Waals surface area contributed by atoms with Crippen LogP contribution < -0.4 is 0 Å². The smallest absolute Gasteiger partial charge is 0.173 e. The summed E-state index contributed by atoms with van der Waals surface area (Å²) in [6.45, 7) is 4.09. The van der Waals surface area contributed by atoms with Crippen molar-refractivity contribution in [2.75, 3.05) is 0 Å². The molecule has 92 valence electrons. The van der Waals surface area contributed by atoms with Gasteiger partial charge in [-0.3, -0.25) is 4.79 Å². The molecule has 0 unspecified atom stereocenters. The lowest BCUT2D eigenvalue weighted by Gasteiger charge is -2.27. The summed E-state index contributed by atoms with van der Waals surface area (Å²) in [5.41, 5.74) is 1.43. The third kappa shape index (κ3) is 2.21. The van der Waals surface area contributed by atoms with Crippen LogP contribution in [0.2, 0.25) is 0 Å². The Balaban J connectivity index is 2.43. The molecule has 0 bridgehead atoms. The van der Waals surface area contributed by atoms with Crippen LogP contribution in [-0.2, 0) is 5.41 Å². The second-order valence-electron chi connectivity index (χ2n) is 4.75. The minimum Gasteiger partial charge on any atom is -0.293 e. The molecule has 0 aliphatic carbocycles. The van der Waals surface area contributed by atoms with E-state index in [4.69, 9.17) is 0 Å². The highest BCUT2D eigenvalue weighted by molar-refractivity contribution is 6.03. The van der Waals surface area contributed by atoms with Crippen LogP contribution in [0, 0.1) is 0 Å². The summed E-state index contributed by atoms with van der Waals surface area (Å²) in [5.74, 6) is 0.191. The summed E-state index contributed by atoms with van der Waals surface area (Å²) in [7, 11) is 0. The van der Waals surface area contributed by atoms with Crippen molar-refractivity contribution in [2.45, 2.75) is 25.7 Å². The van der Waals surface area contributed by atoms with Crippen molar-refractivity contribution in [3.8, 4) is 0 Å². The van der Waals surface area contributed by atoms with E-state index in [9.17, 15) is 4.79 Å². The van der Waals surface area contributed by atoms with E-state index >= 15 is 0 Å². The van der Waals surface area contributed by atoms with Gasteiger partial charge in [0.1, 0.15) is 0 Å². The van der Waals surface area contributed by atoms with E-state index in [1.165, 1.54) is 0 Å². The predicted octanol–water partition coefficient (Wildman–Crippen LogP) is 4.24. The zero-order chi connectivity index (χ0) is 13.0. The maximum Gasteiger partial charge on any atom is 0.173 e. The Hall–Kier alpha value is -1.89. The summed E-state index contributed by atoms with van der Waals surface area (Å²) in [4.78, 5) is 12.7. The van der Waals surface area contributed by atoms with E-state index < -0.39 is 5.41 Å². The number of rotatable bonds is 4. The first kappa shape index (κ1) is 12.6. The quantitative estimate of drug-likeness (QED) is 0.728. The van der Waals surface area contributed by atoms with Crippen LogP contribution in [0.25, 0.3) is 0 Å². The van der Waals surface area contributed by atoms with Crippen LogP contribution in [0.1, 0.15) is 36.2 Å². The van der Waals surface area contributed by atoms with Gasteiger partial charge < -0.3 is 0 Å². The second kappa shape index (κ2) is 5.18. The van der Waals surface area contributed by atoms with Crippen molar-refractivity contribution in [3.63, 3.8) is 0 Å². The molecular formula is C17H18O. The first-order valence-electron chi connectivity index (χ1n) is 6.34. The molecule has 1 heteroatoms. The van der Waals surface area contributed by atoms with Gasteiger partial charge in [0.05, 0.1) is 5.41 Å². The Morgan fingerprint density at radius 3 is 1.94 bits per heavy atom. The zero-order valence-corrected chi connectivity index (χ0v) is 10.9. The second-order valence-corrected chi connectivity index (χ2v) is 4.75. The van der Waals surface area contributed by atoms with Gasteiger partial charge in [-0.1, -0.05) is 67.6 Å². The molecular weight excluding hydrogens is 220 g/mol. The fourth-order valence-corrected chi connectivity index (χ4v) is 2.21. The number of carbonyl (C=O) groups is 1. The van der Waals surface area contributed by atoms with Crippen LogP contribution in [-0.4, -0.2) is 5.78 Å². The van der Waals surface area contributed by atoms with Crippen molar-refractivity contribution < 1.29 is 4.79 Å². The molecule has 0 N–H and O–H groups in total. The number of carbonyl (C=O) groups excluding carboxylic acids is 1. The van der Waals surface area contributed by atoms with Crippen LogP contribution in [0.5, 0.6) is 0 Å². The normalized spacial score (nSPS) is 13.9. The minimum absolute atomic E-state index is 0.191. The van der Waals surface area contributed by atoms with Crippen LogP contribution >= 0.6 is 0 Å². The molecule has 0 heterocycles. The van der Waals surface area contributed by atoms with Crippen molar-refractivity contribution >= 4 is 5.78 Å². The molecule has 0 aromatic heterocycles. The van der Waals surface area contributed by atoms with Gasteiger partial charge in [0.25, 0.3) is 0 Å². The van der Waals surface area contributed by atoms with E-state index in [-0.39, 0.29) is 5.78 Å². The highest BCUT2D eigenvalue weighted by Gasteiger charge is 2.33. The summed E-state index contributed by atoms with van der Waals surface area (Å²) in [6.07, 6.45) is 0.796. The summed E-state index contributed by atoms with van der Waals surface area (Å²) >= 11 is 0. The van der Waals surface area contributed by atoms with Crippen molar-refractivity contribution in [2.24, 2.45) is 0 Å². The zero-order valence-electron chi connectivity index (χ0n) is 10.9. The lowest BCUT2D eigenvalue weighted by molar-refractivity contribution is 0.0892. The van der Waals surface area contributed by atoms with Gasteiger partial charge in [-0.05, 0) is 18.9 Å². The molecule has 0 aliphatic heterocycles. The minimum atomic E-state index is -0.442. The molecule has 0 saturated heterocycles. The van der Waals surface area contributed by atoms with Gasteiger partial charge in [-0.25, -0.2) is 0 Å². The molecule has 0 saturated carbocycles. The molecule has 18 heavy (non-hydrogen) atoms. The van der Waals surface area contributed by atoms with E-state index in [0.717, 1.165) is 17.5 Å². The number of Topliss-reactive ketones (excluding diaryl/α,β-unsaturated/α-hetero) is 1. The topological polar surface area (TPSA) is 17.1 Å². The van der Waals surface area contributed by atoms with E-state index in [1.807, 2.05) is 67.6 Å². The monoisotopic (exact) mass is 238 g/mol. The Morgan fingerprint density at radius 2 is 1.44 bits per heavy atom. The lowest BCUT2D eigenvalue weighted by Crippen LogP contribution is -2.31. The lowest BCUT2D eigenvalue weighted by atomic mass is 9.74. The Labute approximate surface area is 108 Å². The third-order valence-corrected chi connectivity index (χ3v) is 3.66. The van der Waals surface area contributed by atoms with Gasteiger partial charge in [-0.2, -0.15) is 0 Å². The van der Waals surface area contributed by atoms with Crippen LogP contribution in [0.3, 0.4) is 0 Å². The summed E-state index contributed by atoms with van der Waals surface area (Å²) in [6, 6.07) is 19.5. The Bertz CT molecular complexity index is 516. The summed E-state index contributed by atoms with van der Waals surface area (Å²) < 4.78 is 0.